The molecule has 1 aliphatic heterocycles. The Morgan fingerprint density at radius 3 is 2.64 bits per heavy atom. The van der Waals surface area contributed by atoms with Crippen LogP contribution in [0.5, 0.6) is 0 Å². The molecule has 0 bridgehead atoms. The van der Waals surface area contributed by atoms with Gasteiger partial charge in [-0.05, 0) is 43.6 Å². The van der Waals surface area contributed by atoms with Gasteiger partial charge in [0.25, 0.3) is 0 Å². The van der Waals surface area contributed by atoms with Gasteiger partial charge in [-0.1, -0.05) is 18.6 Å². The van der Waals surface area contributed by atoms with Crippen LogP contribution in [0.15, 0.2) is 24.3 Å². The minimum atomic E-state index is -0.125. The molecule has 1 aromatic carbocycles. The Morgan fingerprint density at radius 1 is 1.14 bits per heavy atom. The minimum absolute atomic E-state index is 0.125. The molecular weight excluding hydrogens is 177 g/mol. The summed E-state index contributed by atoms with van der Waals surface area (Å²) in [5, 5.41) is 0. The van der Waals surface area contributed by atoms with E-state index in [-0.39, 0.29) is 5.82 Å². The number of nitrogens with zero attached hydrogens (tertiary/aromatic N) is 1. The van der Waals surface area contributed by atoms with Crippen molar-refractivity contribution in [2.45, 2.75) is 25.8 Å². The fourth-order valence-electron chi connectivity index (χ4n) is 2.01. The molecule has 0 atom stereocenters. The van der Waals surface area contributed by atoms with Gasteiger partial charge in [0.05, 0.1) is 0 Å². The Morgan fingerprint density at radius 2 is 1.93 bits per heavy atom. The summed E-state index contributed by atoms with van der Waals surface area (Å²) < 4.78 is 12.9. The summed E-state index contributed by atoms with van der Waals surface area (Å²) in [4.78, 5) is 2.40. The molecule has 1 nitrogen and oxygen atoms in total. The summed E-state index contributed by atoms with van der Waals surface area (Å²) in [5.74, 6) is -0.125. The molecule has 1 saturated heterocycles. The first-order chi connectivity index (χ1) is 6.84. The van der Waals surface area contributed by atoms with E-state index in [1.807, 2.05) is 6.07 Å². The van der Waals surface area contributed by atoms with Crippen LogP contribution in [-0.2, 0) is 6.54 Å². The summed E-state index contributed by atoms with van der Waals surface area (Å²) in [6, 6.07) is 6.92. The van der Waals surface area contributed by atoms with Crippen molar-refractivity contribution in [3.8, 4) is 0 Å². The van der Waals surface area contributed by atoms with Crippen molar-refractivity contribution in [1.29, 1.82) is 0 Å². The maximum atomic E-state index is 12.9. The van der Waals surface area contributed by atoms with Crippen LogP contribution in [0.2, 0.25) is 0 Å². The minimum Gasteiger partial charge on any atom is -0.299 e. The molecule has 0 N–H and O–H groups in total. The molecule has 1 fully saturated rings. The first kappa shape index (κ1) is 9.66. The Bertz CT molecular complexity index is 292. The highest BCUT2D eigenvalue weighted by atomic mass is 19.1. The quantitative estimate of drug-likeness (QED) is 0.698. The average Bonchev–Trinajstić information content (AvgIpc) is 2.19. The van der Waals surface area contributed by atoms with Crippen molar-refractivity contribution in [1.82, 2.24) is 4.90 Å². The van der Waals surface area contributed by atoms with Gasteiger partial charge < -0.3 is 0 Å². The Kier molecular flexibility index (Phi) is 3.14. The van der Waals surface area contributed by atoms with E-state index in [2.05, 4.69) is 4.90 Å². The maximum Gasteiger partial charge on any atom is 0.123 e. The van der Waals surface area contributed by atoms with Gasteiger partial charge in [0, 0.05) is 6.54 Å². The molecule has 0 unspecified atom stereocenters. The molecule has 0 amide bonds. The molecule has 2 heteroatoms. The zero-order valence-electron chi connectivity index (χ0n) is 8.38. The third kappa shape index (κ3) is 2.55. The van der Waals surface area contributed by atoms with Crippen LogP contribution >= 0.6 is 0 Å². The number of likely N-dealkylation sites (tertiary alicyclic amines) is 1. The molecule has 1 aromatic rings. The van der Waals surface area contributed by atoms with Gasteiger partial charge in [0.15, 0.2) is 0 Å². The predicted octanol–water partition coefficient (Wildman–Crippen LogP) is 2.81. The lowest BCUT2D eigenvalue weighted by Gasteiger charge is -2.26. The molecule has 1 heterocycles. The number of halogens is 1. The van der Waals surface area contributed by atoms with E-state index in [4.69, 9.17) is 0 Å². The number of hydrogen-bond donors (Lipinski definition) is 0. The van der Waals surface area contributed by atoms with Gasteiger partial charge >= 0.3 is 0 Å². The SMILES string of the molecule is Fc1cccc(CN2CCCCC2)c1. The molecule has 0 saturated carbocycles. The van der Waals surface area contributed by atoms with Gasteiger partial charge in [-0.25, -0.2) is 4.39 Å². The van der Waals surface area contributed by atoms with Gasteiger partial charge in [-0.3, -0.25) is 4.90 Å². The smallest absolute Gasteiger partial charge is 0.123 e. The predicted molar refractivity (Wildman–Crippen MR) is 55.5 cm³/mol. The van der Waals surface area contributed by atoms with E-state index >= 15 is 0 Å². The zero-order valence-corrected chi connectivity index (χ0v) is 8.38. The first-order valence-electron chi connectivity index (χ1n) is 5.31. The molecule has 2 rings (SSSR count). The summed E-state index contributed by atoms with van der Waals surface area (Å²) in [6.45, 7) is 3.23. The summed E-state index contributed by atoms with van der Waals surface area (Å²) in [6.07, 6.45) is 3.92. The highest BCUT2D eigenvalue weighted by molar-refractivity contribution is 5.16. The second-order valence-corrected chi connectivity index (χ2v) is 3.97. The fraction of sp³-hybridized carbons (Fsp3) is 0.500. The van der Waals surface area contributed by atoms with Crippen molar-refractivity contribution in [3.05, 3.63) is 35.6 Å². The molecule has 1 aliphatic rings. The Balaban J connectivity index is 1.95. The van der Waals surface area contributed by atoms with Crippen molar-refractivity contribution >= 4 is 0 Å². The summed E-state index contributed by atoms with van der Waals surface area (Å²) in [7, 11) is 0. The molecule has 14 heavy (non-hydrogen) atoms. The molecular formula is C12H16FN. The molecule has 0 radical (unpaired) electrons. The first-order valence-corrected chi connectivity index (χ1v) is 5.31. The number of benzene rings is 1. The fourth-order valence-corrected chi connectivity index (χ4v) is 2.01. The lowest BCUT2D eigenvalue weighted by Crippen LogP contribution is -2.29. The van der Waals surface area contributed by atoms with Crippen molar-refractivity contribution in [3.63, 3.8) is 0 Å². The van der Waals surface area contributed by atoms with Gasteiger partial charge in [-0.15, -0.1) is 0 Å². The van der Waals surface area contributed by atoms with E-state index < -0.39 is 0 Å². The van der Waals surface area contributed by atoms with Crippen LogP contribution in [0, 0.1) is 5.82 Å². The molecule has 76 valence electrons. The molecule has 0 aliphatic carbocycles. The highest BCUT2D eigenvalue weighted by Crippen LogP contribution is 2.13. The standard InChI is InChI=1S/C12H16FN/c13-12-6-4-5-11(9-12)10-14-7-2-1-3-8-14/h4-6,9H,1-3,7-8,10H2. The molecule has 0 aromatic heterocycles. The van der Waals surface area contributed by atoms with Crippen LogP contribution in [0.25, 0.3) is 0 Å². The van der Waals surface area contributed by atoms with Gasteiger partial charge in [0.2, 0.25) is 0 Å². The highest BCUT2D eigenvalue weighted by Gasteiger charge is 2.10. The van der Waals surface area contributed by atoms with Crippen LogP contribution in [0.4, 0.5) is 4.39 Å². The van der Waals surface area contributed by atoms with Gasteiger partial charge in [-0.2, -0.15) is 0 Å². The molecule has 0 spiro atoms. The largest absolute Gasteiger partial charge is 0.299 e. The topological polar surface area (TPSA) is 3.24 Å². The van der Waals surface area contributed by atoms with E-state index in [0.717, 1.165) is 25.2 Å². The van der Waals surface area contributed by atoms with Crippen LogP contribution in [0.3, 0.4) is 0 Å². The zero-order chi connectivity index (χ0) is 9.80. The number of rotatable bonds is 2. The summed E-state index contributed by atoms with van der Waals surface area (Å²) in [5.41, 5.74) is 1.09. The Labute approximate surface area is 84.5 Å². The van der Waals surface area contributed by atoms with E-state index in [1.165, 1.54) is 25.3 Å². The van der Waals surface area contributed by atoms with E-state index in [9.17, 15) is 4.39 Å². The lowest BCUT2D eigenvalue weighted by molar-refractivity contribution is 0.220. The average molecular weight is 193 g/mol. The van der Waals surface area contributed by atoms with Crippen LogP contribution in [-0.4, -0.2) is 18.0 Å². The third-order valence-electron chi connectivity index (χ3n) is 2.74. The third-order valence-corrected chi connectivity index (χ3v) is 2.74. The van der Waals surface area contributed by atoms with E-state index in [1.54, 1.807) is 12.1 Å². The van der Waals surface area contributed by atoms with E-state index in [0.29, 0.717) is 0 Å². The lowest BCUT2D eigenvalue weighted by atomic mass is 10.1. The van der Waals surface area contributed by atoms with Crippen LogP contribution in [0.1, 0.15) is 24.8 Å². The maximum absolute atomic E-state index is 12.9. The summed E-state index contributed by atoms with van der Waals surface area (Å²) >= 11 is 0. The number of piperidine rings is 1. The van der Waals surface area contributed by atoms with Crippen molar-refractivity contribution in [2.75, 3.05) is 13.1 Å². The number of hydrogen-bond acceptors (Lipinski definition) is 1. The van der Waals surface area contributed by atoms with Gasteiger partial charge in [0.1, 0.15) is 5.82 Å². The van der Waals surface area contributed by atoms with Crippen LogP contribution < -0.4 is 0 Å². The normalized spacial score (nSPS) is 18.4. The van der Waals surface area contributed by atoms with Crippen molar-refractivity contribution in [2.24, 2.45) is 0 Å². The Hall–Kier alpha value is -0.890. The second kappa shape index (κ2) is 4.56. The second-order valence-electron chi connectivity index (χ2n) is 3.97. The van der Waals surface area contributed by atoms with Crippen molar-refractivity contribution < 1.29 is 4.39 Å². The monoisotopic (exact) mass is 193 g/mol.